The van der Waals surface area contributed by atoms with Gasteiger partial charge in [-0.25, -0.2) is 0 Å². The Labute approximate surface area is 363 Å². The van der Waals surface area contributed by atoms with E-state index in [0.717, 1.165) is 0 Å². The van der Waals surface area contributed by atoms with E-state index in [4.69, 9.17) is 18.1 Å². The van der Waals surface area contributed by atoms with Crippen molar-refractivity contribution in [3.63, 3.8) is 0 Å². The summed E-state index contributed by atoms with van der Waals surface area (Å²) in [6.07, 6.45) is -19.7. The summed E-state index contributed by atoms with van der Waals surface area (Å²) in [5.41, 5.74) is 0. The normalized spacial score (nSPS) is 15.5. The molecule has 0 amide bonds. The number of halogens is 18. The van der Waals surface area contributed by atoms with Crippen LogP contribution in [0.15, 0.2) is 0 Å². The van der Waals surface area contributed by atoms with Crippen LogP contribution in [0, 0.1) is 11.8 Å². The molecule has 0 N–H and O–H groups in total. The highest BCUT2D eigenvalue weighted by Crippen LogP contribution is 2.58. The predicted molar refractivity (Wildman–Crippen MR) is 203 cm³/mol. The van der Waals surface area contributed by atoms with Crippen LogP contribution in [0.3, 0.4) is 0 Å². The summed E-state index contributed by atoms with van der Waals surface area (Å²) in [6.45, 7) is 6.79. The average molecular weight is 1020 g/mol. The fourth-order valence-corrected chi connectivity index (χ4v) is 10.5. The molecular formula is C38H62F18O6P2. The first kappa shape index (κ1) is 63.0. The number of hydrogen-bond donors (Lipinski definition) is 0. The van der Waals surface area contributed by atoms with Crippen LogP contribution in [0.4, 0.5) is 79.0 Å². The molecule has 0 bridgehead atoms. The summed E-state index contributed by atoms with van der Waals surface area (Å²) in [4.78, 5) is 0. The minimum absolute atomic E-state index is 0.0522. The molecule has 0 aromatic heterocycles. The molecule has 2 atom stereocenters. The van der Waals surface area contributed by atoms with Crippen LogP contribution in [-0.4, -0.2) is 86.6 Å². The van der Waals surface area contributed by atoms with E-state index in [9.17, 15) is 70.6 Å². The second kappa shape index (κ2) is 26.7. The zero-order chi connectivity index (χ0) is 50.0. The molecule has 0 aromatic carbocycles. The number of alkyl halides is 18. The Balaban J connectivity index is 6.44. The number of rotatable bonds is 37. The van der Waals surface area contributed by atoms with Crippen LogP contribution < -0.4 is 0 Å². The second-order valence-electron chi connectivity index (χ2n) is 15.5. The molecule has 0 rings (SSSR count). The Hall–Kier alpha value is -0.960. The lowest BCUT2D eigenvalue weighted by Gasteiger charge is -2.39. The van der Waals surface area contributed by atoms with Crippen LogP contribution in [0.2, 0.25) is 0 Å². The zero-order valence-corrected chi connectivity index (χ0v) is 38.1. The predicted octanol–water partition coefficient (Wildman–Crippen LogP) is 16.7. The summed E-state index contributed by atoms with van der Waals surface area (Å²) in [5.74, 6) is -47.5. The maximum absolute atomic E-state index is 15.1. The highest BCUT2D eigenvalue weighted by molar-refractivity contribution is 7.54. The Bertz CT molecular complexity index is 1280. The van der Waals surface area contributed by atoms with Crippen LogP contribution in [0.5, 0.6) is 0 Å². The zero-order valence-electron chi connectivity index (χ0n) is 36.3. The third-order valence-corrected chi connectivity index (χ3v) is 14.8. The van der Waals surface area contributed by atoms with Gasteiger partial charge in [-0.05, 0) is 65.2 Å². The Morgan fingerprint density at radius 3 is 0.781 bits per heavy atom. The molecule has 386 valence electrons. The van der Waals surface area contributed by atoms with E-state index < -0.39 is 113 Å². The van der Waals surface area contributed by atoms with Gasteiger partial charge >= 0.3 is 63.1 Å². The first-order valence-electron chi connectivity index (χ1n) is 21.3. The maximum Gasteiger partial charge on any atom is 0.460 e. The van der Waals surface area contributed by atoms with Gasteiger partial charge in [0.15, 0.2) is 0 Å². The fourth-order valence-electron chi connectivity index (χ4n) is 7.05. The third-order valence-electron chi connectivity index (χ3n) is 10.4. The summed E-state index contributed by atoms with van der Waals surface area (Å²) >= 11 is 0. The molecule has 0 radical (unpaired) electrons. The largest absolute Gasteiger partial charge is 0.460 e. The summed E-state index contributed by atoms with van der Waals surface area (Å²) in [7, 11) is -6.73. The van der Waals surface area contributed by atoms with E-state index in [2.05, 4.69) is 0 Å². The number of hydrogen-bond acceptors (Lipinski definition) is 6. The van der Waals surface area contributed by atoms with Crippen molar-refractivity contribution in [3.05, 3.63) is 0 Å². The molecule has 0 aromatic rings. The molecule has 64 heavy (non-hydrogen) atoms. The first-order valence-corrected chi connectivity index (χ1v) is 24.7. The third kappa shape index (κ3) is 18.5. The van der Waals surface area contributed by atoms with Gasteiger partial charge in [0.25, 0.3) is 0 Å². The molecule has 0 saturated carbocycles. The van der Waals surface area contributed by atoms with Gasteiger partial charge in [-0.3, -0.25) is 9.13 Å². The second-order valence-corrected chi connectivity index (χ2v) is 19.9. The van der Waals surface area contributed by atoms with Crippen molar-refractivity contribution in [2.75, 3.05) is 38.8 Å². The Morgan fingerprint density at radius 2 is 0.562 bits per heavy atom. The van der Waals surface area contributed by atoms with Crippen molar-refractivity contribution >= 4 is 15.2 Å². The van der Waals surface area contributed by atoms with Crippen LogP contribution >= 0.6 is 15.2 Å². The smallest absolute Gasteiger partial charge is 0.309 e. The fraction of sp³-hybridized carbons (Fsp3) is 1.00. The SMILES string of the molecule is CCOP(=O)(CCCCCCCCCC(CC(F)(F)C(F)(F)C(F)(F)C(F)(F)F)C(CCCCCCCCCP(=O)(OCC)OCC)CC(F)(F)C(F)(F)C(F)(F)C(F)(F)F)OCC. The summed E-state index contributed by atoms with van der Waals surface area (Å²) < 4.78 is 297. The van der Waals surface area contributed by atoms with Crippen molar-refractivity contribution < 1.29 is 106 Å². The monoisotopic (exact) mass is 1020 g/mol. The molecule has 0 aliphatic rings. The molecule has 0 fully saturated rings. The highest BCUT2D eigenvalue weighted by Gasteiger charge is 2.83. The van der Waals surface area contributed by atoms with E-state index >= 15 is 17.6 Å². The van der Waals surface area contributed by atoms with E-state index in [1.54, 1.807) is 27.7 Å². The van der Waals surface area contributed by atoms with Gasteiger partial charge in [0.1, 0.15) is 0 Å². The van der Waals surface area contributed by atoms with Crippen molar-refractivity contribution in [3.8, 4) is 0 Å². The van der Waals surface area contributed by atoms with Gasteiger partial charge in [0.2, 0.25) is 0 Å². The van der Waals surface area contributed by atoms with Crippen molar-refractivity contribution in [2.24, 2.45) is 11.8 Å². The average Bonchev–Trinajstić information content (AvgIpc) is 3.14. The Morgan fingerprint density at radius 1 is 0.344 bits per heavy atom. The molecule has 0 aliphatic heterocycles. The topological polar surface area (TPSA) is 71.1 Å². The van der Waals surface area contributed by atoms with Gasteiger partial charge in [0, 0.05) is 12.8 Å². The highest BCUT2D eigenvalue weighted by atomic mass is 31.2. The molecule has 0 aliphatic carbocycles. The van der Waals surface area contributed by atoms with Gasteiger partial charge in [-0.1, -0.05) is 77.0 Å². The number of unbranched alkanes of at least 4 members (excludes halogenated alkanes) is 12. The van der Waals surface area contributed by atoms with Gasteiger partial charge in [-0.15, -0.1) is 0 Å². The standard InChI is InChI=1S/C38H62F18O6P2/c1-5-59-63(57,60-6-2)25-21-17-13-9-11-15-19-23-29(27-31(39,40)33(43,44)35(47,48)37(51,52)53)30(28-32(41,42)34(45,46)36(49,50)38(54,55)56)24-20-16-12-10-14-18-22-26-64(58,61-7-3)62-8-4/h29-30H,5-28H2,1-4H3. The van der Waals surface area contributed by atoms with Crippen molar-refractivity contribution in [2.45, 2.75) is 191 Å². The lowest BCUT2D eigenvalue weighted by molar-refractivity contribution is -0.400. The van der Waals surface area contributed by atoms with Crippen LogP contribution in [-0.2, 0) is 27.2 Å². The van der Waals surface area contributed by atoms with Gasteiger partial charge < -0.3 is 18.1 Å². The van der Waals surface area contributed by atoms with E-state index in [1.165, 1.54) is 0 Å². The van der Waals surface area contributed by atoms with Crippen molar-refractivity contribution in [1.82, 2.24) is 0 Å². The van der Waals surface area contributed by atoms with E-state index in [0.29, 0.717) is 51.4 Å². The summed E-state index contributed by atoms with van der Waals surface area (Å²) in [5, 5.41) is 0. The lowest BCUT2D eigenvalue weighted by Crippen LogP contribution is -2.62. The molecular weight excluding hydrogens is 956 g/mol. The van der Waals surface area contributed by atoms with Crippen molar-refractivity contribution in [1.29, 1.82) is 0 Å². The quantitative estimate of drug-likeness (QED) is 0.0351. The molecule has 0 heterocycles. The molecule has 0 spiro atoms. The minimum atomic E-state index is -7.43. The lowest BCUT2D eigenvalue weighted by atomic mass is 9.75. The Kier molecular flexibility index (Phi) is 26.3. The van der Waals surface area contributed by atoms with E-state index in [1.807, 2.05) is 0 Å². The first-order chi connectivity index (χ1) is 29.1. The molecule has 6 nitrogen and oxygen atoms in total. The van der Waals surface area contributed by atoms with Gasteiger partial charge in [0.05, 0.1) is 38.8 Å². The molecule has 0 saturated heterocycles. The summed E-state index contributed by atoms with van der Waals surface area (Å²) in [6, 6.07) is 0. The van der Waals surface area contributed by atoms with Gasteiger partial charge in [-0.2, -0.15) is 79.0 Å². The van der Waals surface area contributed by atoms with Crippen LogP contribution in [0.25, 0.3) is 0 Å². The van der Waals surface area contributed by atoms with E-state index in [-0.39, 0.29) is 64.4 Å². The van der Waals surface area contributed by atoms with Crippen LogP contribution in [0.1, 0.15) is 143 Å². The molecule has 2 unspecified atom stereocenters. The maximum atomic E-state index is 15.1. The minimum Gasteiger partial charge on any atom is -0.309 e. The molecule has 26 heteroatoms.